The molecule has 3 heterocycles. The number of halogens is 3. The smallest absolute Gasteiger partial charge is 0.357 e. The minimum absolute atomic E-state index is 0.0744. The van der Waals surface area contributed by atoms with Gasteiger partial charge in [-0.25, -0.2) is 4.90 Å². The van der Waals surface area contributed by atoms with Gasteiger partial charge in [-0.05, 0) is 66.6 Å². The van der Waals surface area contributed by atoms with E-state index in [0.717, 1.165) is 28.2 Å². The molecule has 1 N–H and O–H groups in total. The van der Waals surface area contributed by atoms with E-state index in [0.29, 0.717) is 5.56 Å². The van der Waals surface area contributed by atoms with Gasteiger partial charge in [0.25, 0.3) is 0 Å². The highest BCUT2D eigenvalue weighted by molar-refractivity contribution is 6.24. The van der Waals surface area contributed by atoms with Crippen LogP contribution in [0.5, 0.6) is 0 Å². The summed E-state index contributed by atoms with van der Waals surface area (Å²) in [6.07, 6.45) is -1.16. The van der Waals surface area contributed by atoms with Crippen molar-refractivity contribution in [2.24, 2.45) is 11.8 Å². The van der Waals surface area contributed by atoms with Gasteiger partial charge in [0.1, 0.15) is 6.04 Å². The first-order chi connectivity index (χ1) is 19.1. The molecule has 10 heteroatoms. The number of carbonyl (C=O) groups excluding carboxylic acids is 4. The Morgan fingerprint density at radius 1 is 0.875 bits per heavy atom. The van der Waals surface area contributed by atoms with Gasteiger partial charge >= 0.3 is 6.18 Å². The molecule has 3 aliphatic heterocycles. The molecule has 0 aliphatic carbocycles. The van der Waals surface area contributed by atoms with Crippen LogP contribution in [-0.4, -0.2) is 34.4 Å². The van der Waals surface area contributed by atoms with Crippen LogP contribution >= 0.6 is 0 Å². The number of fused-ring (bicyclic) bond motifs is 5. The number of ketones is 1. The van der Waals surface area contributed by atoms with Crippen LogP contribution in [0.3, 0.4) is 0 Å². The van der Waals surface area contributed by atoms with E-state index in [-0.39, 0.29) is 17.2 Å². The van der Waals surface area contributed by atoms with Crippen molar-refractivity contribution in [2.75, 3.05) is 10.2 Å². The maximum Gasteiger partial charge on any atom is 0.416 e. The zero-order chi connectivity index (χ0) is 28.3. The van der Waals surface area contributed by atoms with E-state index in [9.17, 15) is 32.3 Å². The van der Waals surface area contributed by atoms with E-state index in [1.807, 2.05) is 18.2 Å². The fraction of sp³-hybridized carbons (Fsp3) is 0.200. The lowest BCUT2D eigenvalue weighted by Crippen LogP contribution is -2.46. The summed E-state index contributed by atoms with van der Waals surface area (Å²) in [5, 5.41) is 2.54. The van der Waals surface area contributed by atoms with E-state index in [1.165, 1.54) is 43.3 Å². The summed E-state index contributed by atoms with van der Waals surface area (Å²) in [4.78, 5) is 55.9. The molecule has 2 saturated heterocycles. The van der Waals surface area contributed by atoms with Crippen LogP contribution in [0, 0.1) is 11.8 Å². The molecule has 0 spiro atoms. The van der Waals surface area contributed by atoms with Crippen molar-refractivity contribution in [3.05, 3.63) is 101 Å². The minimum atomic E-state index is -4.60. The Labute approximate surface area is 226 Å². The lowest BCUT2D eigenvalue weighted by molar-refractivity contribution is -0.137. The monoisotopic (exact) mass is 545 g/mol. The Balaban J connectivity index is 1.40. The first-order valence-electron chi connectivity index (χ1n) is 12.6. The Hall–Kier alpha value is -4.73. The minimum Gasteiger partial charge on any atom is -0.357 e. The lowest BCUT2D eigenvalue weighted by atomic mass is 9.84. The second-order valence-electron chi connectivity index (χ2n) is 10.0. The second-order valence-corrected chi connectivity index (χ2v) is 10.0. The summed E-state index contributed by atoms with van der Waals surface area (Å²) < 4.78 is 39.8. The van der Waals surface area contributed by atoms with Crippen molar-refractivity contribution in [1.29, 1.82) is 0 Å². The molecule has 0 unspecified atom stereocenters. The highest BCUT2D eigenvalue weighted by atomic mass is 19.4. The van der Waals surface area contributed by atoms with E-state index in [4.69, 9.17) is 0 Å². The molecular weight excluding hydrogens is 523 g/mol. The Morgan fingerprint density at radius 3 is 2.27 bits per heavy atom. The van der Waals surface area contributed by atoms with Crippen LogP contribution in [0.1, 0.15) is 40.0 Å². The van der Waals surface area contributed by atoms with Gasteiger partial charge in [-0.2, -0.15) is 13.2 Å². The van der Waals surface area contributed by atoms with Gasteiger partial charge in [-0.15, -0.1) is 0 Å². The van der Waals surface area contributed by atoms with Crippen molar-refractivity contribution in [3.63, 3.8) is 0 Å². The third kappa shape index (κ3) is 3.98. The third-order valence-electron chi connectivity index (χ3n) is 7.72. The Bertz CT molecular complexity index is 1600. The zero-order valence-corrected chi connectivity index (χ0v) is 21.1. The van der Waals surface area contributed by atoms with Crippen molar-refractivity contribution in [2.45, 2.75) is 25.2 Å². The van der Waals surface area contributed by atoms with Gasteiger partial charge in [0, 0.05) is 17.5 Å². The molecule has 3 aromatic carbocycles. The van der Waals surface area contributed by atoms with Crippen molar-refractivity contribution in [3.8, 4) is 0 Å². The predicted molar refractivity (Wildman–Crippen MR) is 140 cm³/mol. The number of hydrogen-bond acceptors (Lipinski definition) is 5. The molecule has 0 radical (unpaired) electrons. The molecule has 6 rings (SSSR count). The normalized spacial score (nSPS) is 23.1. The molecule has 0 saturated carbocycles. The highest BCUT2D eigenvalue weighted by Crippen LogP contribution is 2.53. The van der Waals surface area contributed by atoms with E-state index in [1.54, 1.807) is 23.2 Å². The van der Waals surface area contributed by atoms with E-state index >= 15 is 0 Å². The number of nitrogens with zero attached hydrogens (tertiary/aromatic N) is 2. The second kappa shape index (κ2) is 9.18. The Morgan fingerprint density at radius 2 is 1.57 bits per heavy atom. The van der Waals surface area contributed by atoms with Crippen LogP contribution in [0.4, 0.5) is 24.5 Å². The summed E-state index contributed by atoms with van der Waals surface area (Å²) in [5.74, 6) is -3.95. The topological polar surface area (TPSA) is 86.8 Å². The summed E-state index contributed by atoms with van der Waals surface area (Å²) >= 11 is 0. The van der Waals surface area contributed by atoms with Crippen molar-refractivity contribution >= 4 is 41.0 Å². The van der Waals surface area contributed by atoms with Gasteiger partial charge in [0.15, 0.2) is 5.78 Å². The number of Topliss-reactive ketones (excluding diaryl/α,β-unsaturated/α-hetero) is 1. The Kier molecular flexibility index (Phi) is 5.86. The first kappa shape index (κ1) is 25.5. The molecule has 40 heavy (non-hydrogen) atoms. The van der Waals surface area contributed by atoms with Crippen LogP contribution < -0.4 is 10.2 Å². The van der Waals surface area contributed by atoms with E-state index < -0.39 is 53.4 Å². The van der Waals surface area contributed by atoms with Gasteiger partial charge in [-0.3, -0.25) is 19.2 Å². The fourth-order valence-corrected chi connectivity index (χ4v) is 5.95. The number of hydrogen-bond donors (Lipinski definition) is 1. The number of rotatable bonds is 4. The van der Waals surface area contributed by atoms with Crippen LogP contribution in [0.15, 0.2) is 79.0 Å². The van der Waals surface area contributed by atoms with Crippen LogP contribution in [0.25, 0.3) is 6.08 Å². The standard InChI is InChI=1S/C30H22F3N3O4/c1-16(37)17-9-11-21(12-10-17)36-28(39)23-24(29(36)40)26(35-14-13-18-5-2-3-8-22(18)25(23)35)27(38)34-20-7-4-6-19(15-20)30(31,32)33/h2-15,23-26H,1H3,(H,34,38)/t23-,24+,25+,26-/m0/s1. The number of nitrogens with one attached hydrogen (secondary N) is 1. The molecule has 202 valence electrons. The number of imide groups is 1. The summed E-state index contributed by atoms with van der Waals surface area (Å²) in [7, 11) is 0. The van der Waals surface area contributed by atoms with Gasteiger partial charge in [0.05, 0.1) is 29.1 Å². The molecule has 0 bridgehead atoms. The SMILES string of the molecule is CC(=O)c1ccc(N2C(=O)[C@@H]3[C@H](C2=O)[C@H]2c4ccccc4C=CN2[C@@H]3C(=O)Nc2cccc(C(F)(F)F)c2)cc1. The predicted octanol–water partition coefficient (Wildman–Crippen LogP) is 5.06. The maximum atomic E-state index is 13.9. The van der Waals surface area contributed by atoms with Crippen molar-refractivity contribution in [1.82, 2.24) is 4.90 Å². The molecule has 3 amide bonds. The van der Waals surface area contributed by atoms with Gasteiger partial charge in [-0.1, -0.05) is 30.3 Å². The molecule has 3 aliphatic rings. The van der Waals surface area contributed by atoms with E-state index in [2.05, 4.69) is 5.32 Å². The molecule has 0 aromatic heterocycles. The lowest BCUT2D eigenvalue weighted by Gasteiger charge is -2.35. The van der Waals surface area contributed by atoms with Gasteiger partial charge < -0.3 is 10.2 Å². The molecule has 7 nitrogen and oxygen atoms in total. The average Bonchev–Trinajstić information content (AvgIpc) is 3.40. The van der Waals surface area contributed by atoms with Gasteiger partial charge in [0.2, 0.25) is 17.7 Å². The fourth-order valence-electron chi connectivity index (χ4n) is 5.95. The summed E-state index contributed by atoms with van der Waals surface area (Å²) in [6, 6.07) is 15.9. The summed E-state index contributed by atoms with van der Waals surface area (Å²) in [5.41, 5.74) is 1.30. The third-order valence-corrected chi connectivity index (χ3v) is 7.72. The number of amides is 3. The molecule has 2 fully saturated rings. The molecular formula is C30H22F3N3O4. The summed E-state index contributed by atoms with van der Waals surface area (Å²) in [6.45, 7) is 1.40. The number of anilines is 2. The average molecular weight is 546 g/mol. The maximum absolute atomic E-state index is 13.9. The molecule has 4 atom stereocenters. The zero-order valence-electron chi connectivity index (χ0n) is 21.1. The largest absolute Gasteiger partial charge is 0.416 e. The van der Waals surface area contributed by atoms with Crippen LogP contribution in [0.2, 0.25) is 0 Å². The molecule has 3 aromatic rings. The van der Waals surface area contributed by atoms with Crippen LogP contribution in [-0.2, 0) is 20.6 Å². The first-order valence-corrected chi connectivity index (χ1v) is 12.6. The number of carbonyl (C=O) groups is 4. The quantitative estimate of drug-likeness (QED) is 0.366. The number of benzene rings is 3. The van der Waals surface area contributed by atoms with Crippen molar-refractivity contribution < 1.29 is 32.3 Å². The number of alkyl halides is 3. The highest BCUT2D eigenvalue weighted by Gasteiger charge is 2.64.